The van der Waals surface area contributed by atoms with Crippen molar-refractivity contribution >= 4 is 48.9 Å². The number of nitrogens with one attached hydrogen (secondary N) is 4. The van der Waals surface area contributed by atoms with E-state index in [9.17, 15) is 24.3 Å². The molecule has 0 saturated carbocycles. The van der Waals surface area contributed by atoms with E-state index in [2.05, 4.69) is 46.5 Å². The number of phenols is 1. The second kappa shape index (κ2) is 15.9. The number of amides is 4. The zero-order valence-electron chi connectivity index (χ0n) is 24.7. The number of aryl methyl sites for hydroxylation is 2. The van der Waals surface area contributed by atoms with E-state index in [1.54, 1.807) is 32.9 Å². The molecule has 12 heteroatoms. The minimum absolute atomic E-state index is 0.0492. The van der Waals surface area contributed by atoms with E-state index in [0.717, 1.165) is 22.3 Å². The average Bonchev–Trinajstić information content (AvgIpc) is 2.91. The Bertz CT molecular complexity index is 1230. The van der Waals surface area contributed by atoms with Crippen LogP contribution in [0.15, 0.2) is 42.5 Å². The molecule has 0 aliphatic rings. The SMILES string of the molecule is CCNC(=O)[C@H](NC(=O)[C@H](Cc1ccccc1)NC(=O)[C@@H](CS)NC(=O)[C@@H](N)Cc1c(C)cc(O)cc1C)C(C)(C)S. The quantitative estimate of drug-likeness (QED) is 0.149. The van der Waals surface area contributed by atoms with Crippen molar-refractivity contribution in [3.63, 3.8) is 0 Å². The summed E-state index contributed by atoms with van der Waals surface area (Å²) < 4.78 is -0.901. The lowest BCUT2D eigenvalue weighted by molar-refractivity contribution is -0.133. The summed E-state index contributed by atoms with van der Waals surface area (Å²) in [6.07, 6.45) is 0.337. The van der Waals surface area contributed by atoms with Crippen molar-refractivity contribution in [2.45, 2.75) is 76.4 Å². The third-order valence-corrected chi connectivity index (χ3v) is 7.40. The number of thiol groups is 2. The smallest absolute Gasteiger partial charge is 0.244 e. The lowest BCUT2D eigenvalue weighted by atomic mass is 9.96. The van der Waals surface area contributed by atoms with Gasteiger partial charge in [-0.25, -0.2) is 0 Å². The Morgan fingerprint density at radius 2 is 1.43 bits per heavy atom. The van der Waals surface area contributed by atoms with Gasteiger partial charge >= 0.3 is 0 Å². The van der Waals surface area contributed by atoms with Gasteiger partial charge < -0.3 is 32.1 Å². The van der Waals surface area contributed by atoms with Crippen LogP contribution < -0.4 is 27.0 Å². The molecule has 4 amide bonds. The summed E-state index contributed by atoms with van der Waals surface area (Å²) in [6.45, 7) is 9.19. The first-order chi connectivity index (χ1) is 19.7. The van der Waals surface area contributed by atoms with Gasteiger partial charge in [-0.15, -0.1) is 0 Å². The monoisotopic (exact) mass is 617 g/mol. The number of phenolic OH excluding ortho intramolecular Hbond substituents is 1. The summed E-state index contributed by atoms with van der Waals surface area (Å²) in [7, 11) is 0. The molecule has 0 bridgehead atoms. The van der Waals surface area contributed by atoms with E-state index < -0.39 is 52.5 Å². The molecule has 0 saturated heterocycles. The molecule has 42 heavy (non-hydrogen) atoms. The number of nitrogens with two attached hydrogens (primary N) is 1. The molecule has 0 aliphatic heterocycles. The number of aromatic hydroxyl groups is 1. The number of hydrogen-bond acceptors (Lipinski definition) is 8. The molecule has 7 N–H and O–H groups in total. The van der Waals surface area contributed by atoms with Crippen LogP contribution in [-0.2, 0) is 32.0 Å². The topological polar surface area (TPSA) is 163 Å². The Balaban J connectivity index is 2.21. The summed E-state index contributed by atoms with van der Waals surface area (Å²) >= 11 is 8.76. The maximum absolute atomic E-state index is 13.5. The number of benzene rings is 2. The first kappa shape index (κ1) is 35.0. The van der Waals surface area contributed by atoms with Crippen molar-refractivity contribution in [1.82, 2.24) is 21.3 Å². The van der Waals surface area contributed by atoms with E-state index in [1.165, 1.54) is 0 Å². The zero-order valence-corrected chi connectivity index (χ0v) is 26.5. The van der Waals surface area contributed by atoms with E-state index in [-0.39, 0.29) is 24.3 Å². The predicted octanol–water partition coefficient (Wildman–Crippen LogP) is 1.35. The van der Waals surface area contributed by atoms with Crippen molar-refractivity contribution in [3.8, 4) is 5.75 Å². The largest absolute Gasteiger partial charge is 0.508 e. The van der Waals surface area contributed by atoms with Crippen molar-refractivity contribution < 1.29 is 24.3 Å². The molecule has 0 aliphatic carbocycles. The van der Waals surface area contributed by atoms with Gasteiger partial charge in [-0.1, -0.05) is 30.3 Å². The minimum Gasteiger partial charge on any atom is -0.508 e. The van der Waals surface area contributed by atoms with Crippen molar-refractivity contribution in [2.75, 3.05) is 12.3 Å². The summed E-state index contributed by atoms with van der Waals surface area (Å²) in [5.41, 5.74) is 9.39. The van der Waals surface area contributed by atoms with Crippen molar-refractivity contribution in [2.24, 2.45) is 5.73 Å². The molecule has 2 aromatic rings. The average molecular weight is 618 g/mol. The van der Waals surface area contributed by atoms with Crippen LogP contribution in [0.25, 0.3) is 0 Å². The van der Waals surface area contributed by atoms with E-state index in [0.29, 0.717) is 6.54 Å². The number of hydrogen-bond donors (Lipinski definition) is 8. The van der Waals surface area contributed by atoms with Gasteiger partial charge in [0.25, 0.3) is 0 Å². The number of likely N-dealkylation sites (N-methyl/N-ethyl adjacent to an activating group) is 1. The predicted molar refractivity (Wildman–Crippen MR) is 171 cm³/mol. The molecule has 0 unspecified atom stereocenters. The lowest BCUT2D eigenvalue weighted by Crippen LogP contribution is -2.61. The highest BCUT2D eigenvalue weighted by atomic mass is 32.1. The highest BCUT2D eigenvalue weighted by Gasteiger charge is 2.36. The van der Waals surface area contributed by atoms with Crippen LogP contribution in [0.2, 0.25) is 0 Å². The molecule has 10 nitrogen and oxygen atoms in total. The van der Waals surface area contributed by atoms with Gasteiger partial charge in [0.1, 0.15) is 23.9 Å². The van der Waals surface area contributed by atoms with Gasteiger partial charge in [-0.05, 0) is 75.4 Å². The Morgan fingerprint density at radius 3 is 1.95 bits per heavy atom. The number of rotatable bonds is 14. The van der Waals surface area contributed by atoms with Crippen molar-refractivity contribution in [3.05, 3.63) is 64.7 Å². The minimum atomic E-state index is -1.08. The van der Waals surface area contributed by atoms with Gasteiger partial charge in [0.2, 0.25) is 23.6 Å². The fourth-order valence-electron chi connectivity index (χ4n) is 4.49. The molecule has 2 rings (SSSR count). The standard InChI is InChI=1S/C30H43N5O5S2/c1-6-32-29(40)25(30(4,5)42)35-27(38)23(14-19-10-8-7-9-11-19)33-28(39)24(16-41)34-26(37)22(31)15-21-17(2)12-20(36)13-18(21)3/h7-13,22-25,36,41-42H,6,14-16,31H2,1-5H3,(H,32,40)(H,33,39)(H,34,37)(H,35,38)/t22-,23-,24+,25-/m0/s1. The summed E-state index contributed by atoms with van der Waals surface area (Å²) in [5.74, 6) is -2.09. The molecule has 0 fully saturated rings. The molecule has 0 heterocycles. The number of carbonyl (C=O) groups is 4. The van der Waals surface area contributed by atoms with Crippen LogP contribution in [0.5, 0.6) is 5.75 Å². The Morgan fingerprint density at radius 1 is 0.881 bits per heavy atom. The lowest BCUT2D eigenvalue weighted by Gasteiger charge is -2.31. The molecular formula is C30H43N5O5S2. The first-order valence-electron chi connectivity index (χ1n) is 13.8. The van der Waals surface area contributed by atoms with Crippen LogP contribution in [0.1, 0.15) is 43.0 Å². The van der Waals surface area contributed by atoms with Crippen LogP contribution in [0, 0.1) is 13.8 Å². The molecule has 4 atom stereocenters. The Kier molecular flexibility index (Phi) is 13.2. The van der Waals surface area contributed by atoms with Gasteiger partial charge in [0.15, 0.2) is 0 Å². The Labute approximate surface area is 258 Å². The molecule has 0 aromatic heterocycles. The van der Waals surface area contributed by atoms with Gasteiger partial charge in [0.05, 0.1) is 6.04 Å². The third-order valence-electron chi connectivity index (χ3n) is 6.78. The van der Waals surface area contributed by atoms with Gasteiger partial charge in [-0.2, -0.15) is 25.3 Å². The molecular weight excluding hydrogens is 574 g/mol. The molecule has 2 aromatic carbocycles. The highest BCUT2D eigenvalue weighted by Crippen LogP contribution is 2.22. The second-order valence-electron chi connectivity index (χ2n) is 10.9. The third kappa shape index (κ3) is 10.2. The zero-order chi connectivity index (χ0) is 31.6. The maximum Gasteiger partial charge on any atom is 0.244 e. The Hall–Kier alpha value is -3.22. The van der Waals surface area contributed by atoms with Crippen LogP contribution in [0.3, 0.4) is 0 Å². The van der Waals surface area contributed by atoms with E-state index in [1.807, 2.05) is 44.2 Å². The fourth-order valence-corrected chi connectivity index (χ4v) is 4.93. The number of carbonyl (C=O) groups excluding carboxylic acids is 4. The molecule has 0 spiro atoms. The van der Waals surface area contributed by atoms with Crippen molar-refractivity contribution in [1.29, 1.82) is 0 Å². The van der Waals surface area contributed by atoms with Crippen LogP contribution in [0.4, 0.5) is 0 Å². The normalized spacial score (nSPS) is 14.2. The van der Waals surface area contributed by atoms with E-state index in [4.69, 9.17) is 5.73 Å². The van der Waals surface area contributed by atoms with Gasteiger partial charge in [-0.3, -0.25) is 19.2 Å². The maximum atomic E-state index is 13.5. The first-order valence-corrected chi connectivity index (χ1v) is 14.9. The van der Waals surface area contributed by atoms with Crippen LogP contribution in [-0.4, -0.2) is 69.9 Å². The summed E-state index contributed by atoms with van der Waals surface area (Å²) in [5, 5.41) is 20.6. The second-order valence-corrected chi connectivity index (χ2v) is 12.4. The fraction of sp³-hybridized carbons (Fsp3) is 0.467. The van der Waals surface area contributed by atoms with Crippen LogP contribution >= 0.6 is 25.3 Å². The highest BCUT2D eigenvalue weighted by molar-refractivity contribution is 7.81. The summed E-state index contributed by atoms with van der Waals surface area (Å²) in [6, 6.07) is 8.20. The van der Waals surface area contributed by atoms with Gasteiger partial charge in [0, 0.05) is 23.5 Å². The summed E-state index contributed by atoms with van der Waals surface area (Å²) in [4.78, 5) is 52.5. The van der Waals surface area contributed by atoms with E-state index >= 15 is 0 Å². The molecule has 0 radical (unpaired) electrons. The molecule has 230 valence electrons.